The second kappa shape index (κ2) is 11.1. The van der Waals surface area contributed by atoms with Crippen LogP contribution in [0, 0.1) is 16.6 Å². The molecule has 0 saturated heterocycles. The normalized spacial score (nSPS) is 11.0. The van der Waals surface area contributed by atoms with Gasteiger partial charge >= 0.3 is 6.18 Å². The van der Waals surface area contributed by atoms with Crippen molar-refractivity contribution in [2.45, 2.75) is 27.5 Å². The molecule has 2 aromatic rings. The first-order valence-electron chi connectivity index (χ1n) is 7.66. The van der Waals surface area contributed by atoms with Crippen LogP contribution in [0.5, 0.6) is 0 Å². The lowest BCUT2D eigenvalue weighted by Gasteiger charge is -2.15. The molecule has 0 aliphatic rings. The first kappa shape index (κ1) is 25.7. The molecule has 0 radical (unpaired) electrons. The van der Waals surface area contributed by atoms with E-state index < -0.39 is 17.6 Å². The zero-order valence-corrected chi connectivity index (χ0v) is 18.8. The summed E-state index contributed by atoms with van der Waals surface area (Å²) in [6, 6.07) is 7.48. The molecule has 0 amide bonds. The fraction of sp³-hybridized carbons (Fsp3) is 0.176. The van der Waals surface area contributed by atoms with E-state index in [1.807, 2.05) is 0 Å². The Bertz CT molecular complexity index is 893. The van der Waals surface area contributed by atoms with Crippen molar-refractivity contribution in [1.29, 1.82) is 10.8 Å². The minimum Gasteiger partial charge on any atom is -0.379 e. The average Bonchev–Trinajstić information content (AvgIpc) is 2.59. The number of benzene rings is 2. The van der Waals surface area contributed by atoms with Gasteiger partial charge in [0.1, 0.15) is 5.82 Å². The van der Waals surface area contributed by atoms with E-state index in [1.54, 1.807) is 0 Å². The molecule has 0 aliphatic carbocycles. The highest BCUT2D eigenvalue weighted by molar-refractivity contribution is 8.93. The molecule has 12 heteroatoms. The second-order valence-corrected chi connectivity index (χ2v) is 8.60. The lowest BCUT2D eigenvalue weighted by Crippen LogP contribution is -2.07. The fourth-order valence-corrected chi connectivity index (χ4v) is 4.47. The number of nitrogens with one attached hydrogen (secondary N) is 2. The Balaban J connectivity index is 0.00000420. The zero-order chi connectivity index (χ0) is 20.9. The minimum absolute atomic E-state index is 0. The van der Waals surface area contributed by atoms with Crippen LogP contribution in [0.25, 0.3) is 0 Å². The SMILES string of the molecule is Br.N=C(N)SCc1cc(F)ccc1Sc1ccc(C(F)(F)F)cc1CSC(=N)N. The number of nitrogens with two attached hydrogens (primary N) is 2. The van der Waals surface area contributed by atoms with E-state index in [2.05, 4.69) is 0 Å². The van der Waals surface area contributed by atoms with Gasteiger partial charge in [-0.2, -0.15) is 13.2 Å². The maximum absolute atomic E-state index is 13.6. The number of amidine groups is 2. The highest BCUT2D eigenvalue weighted by Gasteiger charge is 2.31. The van der Waals surface area contributed by atoms with Crippen molar-refractivity contribution in [3.05, 3.63) is 58.9 Å². The third-order valence-corrected chi connectivity index (χ3v) is 6.17. The summed E-state index contributed by atoms with van der Waals surface area (Å²) in [5.74, 6) is -0.100. The van der Waals surface area contributed by atoms with Crippen LogP contribution in [0.15, 0.2) is 46.2 Å². The van der Waals surface area contributed by atoms with Crippen LogP contribution in [0.3, 0.4) is 0 Å². The molecule has 29 heavy (non-hydrogen) atoms. The third kappa shape index (κ3) is 8.11. The number of rotatable bonds is 6. The lowest BCUT2D eigenvalue weighted by molar-refractivity contribution is -0.137. The highest BCUT2D eigenvalue weighted by atomic mass is 79.9. The van der Waals surface area contributed by atoms with E-state index in [0.29, 0.717) is 20.9 Å². The van der Waals surface area contributed by atoms with Gasteiger partial charge in [-0.25, -0.2) is 4.39 Å². The first-order valence-corrected chi connectivity index (χ1v) is 10.4. The maximum atomic E-state index is 13.6. The van der Waals surface area contributed by atoms with Crippen LogP contribution in [0.2, 0.25) is 0 Å². The van der Waals surface area contributed by atoms with Crippen molar-refractivity contribution in [3.8, 4) is 0 Å². The predicted octanol–water partition coefficient (Wildman–Crippen LogP) is 5.83. The van der Waals surface area contributed by atoms with Gasteiger partial charge in [0.15, 0.2) is 10.3 Å². The van der Waals surface area contributed by atoms with Crippen LogP contribution in [-0.4, -0.2) is 10.3 Å². The van der Waals surface area contributed by atoms with Crippen molar-refractivity contribution in [1.82, 2.24) is 0 Å². The van der Waals surface area contributed by atoms with Crippen LogP contribution in [0.1, 0.15) is 16.7 Å². The van der Waals surface area contributed by atoms with Crippen LogP contribution >= 0.6 is 52.3 Å². The van der Waals surface area contributed by atoms with Crippen molar-refractivity contribution < 1.29 is 17.6 Å². The molecule has 6 N–H and O–H groups in total. The molecule has 0 fully saturated rings. The standard InChI is InChI=1S/C17H16F4N4S3.BrH/c18-12-2-4-14(10(6-12)8-27-16(24)25)28-13-3-1-11(17(19,20)21)5-9(13)7-26-15(22)23;/h1-6H,7-8H2,(H3,22,23)(H3,24,25);1H. The van der Waals surface area contributed by atoms with Gasteiger partial charge in [-0.3, -0.25) is 10.8 Å². The summed E-state index contributed by atoms with van der Waals surface area (Å²) in [7, 11) is 0. The highest BCUT2D eigenvalue weighted by Crippen LogP contribution is 2.39. The molecule has 0 saturated carbocycles. The van der Waals surface area contributed by atoms with Gasteiger partial charge in [-0.05, 0) is 47.5 Å². The Morgan fingerprint density at radius 2 is 1.34 bits per heavy atom. The summed E-state index contributed by atoms with van der Waals surface area (Å²) < 4.78 is 52.8. The predicted molar refractivity (Wildman–Crippen MR) is 119 cm³/mol. The molecule has 0 aromatic heterocycles. The smallest absolute Gasteiger partial charge is 0.379 e. The summed E-state index contributed by atoms with van der Waals surface area (Å²) in [5, 5.41) is 14.3. The van der Waals surface area contributed by atoms with Gasteiger partial charge in [0.2, 0.25) is 0 Å². The maximum Gasteiger partial charge on any atom is 0.416 e. The molecule has 0 atom stereocenters. The summed E-state index contributed by atoms with van der Waals surface area (Å²) in [4.78, 5) is 1.19. The van der Waals surface area contributed by atoms with Gasteiger partial charge in [0.05, 0.1) is 5.56 Å². The average molecular weight is 529 g/mol. The lowest BCUT2D eigenvalue weighted by atomic mass is 10.1. The number of alkyl halides is 3. The Hall–Kier alpha value is -1.37. The topological polar surface area (TPSA) is 99.7 Å². The Morgan fingerprint density at radius 3 is 1.83 bits per heavy atom. The molecule has 4 nitrogen and oxygen atoms in total. The van der Waals surface area contributed by atoms with Crippen LogP contribution in [-0.2, 0) is 17.7 Å². The number of hydrogen-bond donors (Lipinski definition) is 4. The van der Waals surface area contributed by atoms with Gasteiger partial charge in [-0.15, -0.1) is 17.0 Å². The first-order chi connectivity index (χ1) is 13.1. The molecule has 2 aromatic carbocycles. The molecule has 0 spiro atoms. The van der Waals surface area contributed by atoms with E-state index in [4.69, 9.17) is 22.3 Å². The number of hydrogen-bond acceptors (Lipinski definition) is 5. The molecule has 158 valence electrons. The van der Waals surface area contributed by atoms with E-state index in [9.17, 15) is 17.6 Å². The van der Waals surface area contributed by atoms with Gasteiger partial charge in [0, 0.05) is 21.3 Å². The Kier molecular flexibility index (Phi) is 9.86. The zero-order valence-electron chi connectivity index (χ0n) is 14.7. The minimum atomic E-state index is -4.49. The molecular formula is C17H17BrF4N4S3. The Labute approximate surface area is 188 Å². The van der Waals surface area contributed by atoms with Crippen molar-refractivity contribution in [2.75, 3.05) is 0 Å². The molecular weight excluding hydrogens is 512 g/mol. The van der Waals surface area contributed by atoms with Gasteiger partial charge in [-0.1, -0.05) is 35.3 Å². The number of halogens is 5. The third-order valence-electron chi connectivity index (χ3n) is 3.40. The van der Waals surface area contributed by atoms with E-state index in [-0.39, 0.29) is 38.8 Å². The monoisotopic (exact) mass is 528 g/mol. The van der Waals surface area contributed by atoms with Crippen molar-refractivity contribution in [2.24, 2.45) is 11.5 Å². The van der Waals surface area contributed by atoms with Crippen molar-refractivity contribution >= 4 is 62.6 Å². The summed E-state index contributed by atoms with van der Waals surface area (Å²) in [6.45, 7) is 0. The summed E-state index contributed by atoms with van der Waals surface area (Å²) in [5.41, 5.74) is 10.8. The van der Waals surface area contributed by atoms with Gasteiger partial charge in [0.25, 0.3) is 0 Å². The summed E-state index contributed by atoms with van der Waals surface area (Å²) in [6.07, 6.45) is -4.49. The largest absolute Gasteiger partial charge is 0.416 e. The Morgan fingerprint density at radius 1 is 0.862 bits per heavy atom. The second-order valence-electron chi connectivity index (χ2n) is 5.48. The van der Waals surface area contributed by atoms with E-state index in [0.717, 1.165) is 35.7 Å². The molecule has 0 unspecified atom stereocenters. The molecule has 0 aliphatic heterocycles. The number of thioether (sulfide) groups is 2. The summed E-state index contributed by atoms with van der Waals surface area (Å²) >= 11 is 3.14. The van der Waals surface area contributed by atoms with Crippen LogP contribution in [0.4, 0.5) is 17.6 Å². The quantitative estimate of drug-likeness (QED) is 0.215. The molecule has 0 heterocycles. The van der Waals surface area contributed by atoms with E-state index >= 15 is 0 Å². The van der Waals surface area contributed by atoms with E-state index in [1.165, 1.54) is 36.0 Å². The molecule has 2 rings (SSSR count). The van der Waals surface area contributed by atoms with Crippen molar-refractivity contribution in [3.63, 3.8) is 0 Å². The molecule has 0 bridgehead atoms. The van der Waals surface area contributed by atoms with Gasteiger partial charge < -0.3 is 11.5 Å². The fourth-order valence-electron chi connectivity index (χ4n) is 2.16. The van der Waals surface area contributed by atoms with Crippen LogP contribution < -0.4 is 11.5 Å².